The maximum absolute atomic E-state index is 12.8. The van der Waals surface area contributed by atoms with Gasteiger partial charge in [-0.1, -0.05) is 41.9 Å². The highest BCUT2D eigenvalue weighted by molar-refractivity contribution is 7.25. The van der Waals surface area contributed by atoms with E-state index < -0.39 is 0 Å². The molecule has 0 aliphatic heterocycles. The van der Waals surface area contributed by atoms with Gasteiger partial charge in [0, 0.05) is 10.1 Å². The van der Waals surface area contributed by atoms with Crippen molar-refractivity contribution in [2.45, 2.75) is 0 Å². The van der Waals surface area contributed by atoms with Gasteiger partial charge < -0.3 is 4.74 Å². The molecule has 0 atom stereocenters. The molecule has 3 aromatic carbocycles. The Bertz CT molecular complexity index is 1070. The van der Waals surface area contributed by atoms with Gasteiger partial charge in [0.15, 0.2) is 5.43 Å². The minimum absolute atomic E-state index is 0.0575. The molecule has 0 bridgehead atoms. The van der Waals surface area contributed by atoms with Gasteiger partial charge in [0.25, 0.3) is 0 Å². The number of fused-ring (bicyclic) bond motifs is 2. The van der Waals surface area contributed by atoms with E-state index >= 15 is 0 Å². The quantitative estimate of drug-likeness (QED) is 0.428. The Kier molecular flexibility index (Phi) is 3.52. The molecular weight excluding hydrogens is 328 g/mol. The highest BCUT2D eigenvalue weighted by Gasteiger charge is 2.13. The number of ether oxygens (including phenoxy) is 1. The third-order valence-electron chi connectivity index (χ3n) is 3.61. The molecule has 0 saturated carbocycles. The summed E-state index contributed by atoms with van der Waals surface area (Å²) >= 11 is 7.80. The Hall–Kier alpha value is -2.36. The zero-order chi connectivity index (χ0) is 15.8. The molecule has 0 amide bonds. The van der Waals surface area contributed by atoms with Gasteiger partial charge >= 0.3 is 0 Å². The van der Waals surface area contributed by atoms with E-state index in [2.05, 4.69) is 0 Å². The number of hydrogen-bond acceptors (Lipinski definition) is 3. The first-order chi connectivity index (χ1) is 11.2. The maximum atomic E-state index is 12.8. The van der Waals surface area contributed by atoms with Crippen molar-refractivity contribution in [3.05, 3.63) is 82.0 Å². The molecule has 0 radical (unpaired) electrons. The van der Waals surface area contributed by atoms with Gasteiger partial charge in [0.05, 0.1) is 15.1 Å². The summed E-state index contributed by atoms with van der Waals surface area (Å²) in [6.45, 7) is 0. The lowest BCUT2D eigenvalue weighted by Crippen LogP contribution is -2.02. The SMILES string of the molecule is O=c1c2ccccc2sc2c(Oc3ccccc3)ccc(Cl)c12. The molecule has 23 heavy (non-hydrogen) atoms. The van der Waals surface area contributed by atoms with E-state index in [-0.39, 0.29) is 5.43 Å². The van der Waals surface area contributed by atoms with Gasteiger partial charge in [-0.05, 0) is 36.4 Å². The smallest absolute Gasteiger partial charge is 0.197 e. The molecule has 0 unspecified atom stereocenters. The van der Waals surface area contributed by atoms with Crippen LogP contribution in [0.25, 0.3) is 20.2 Å². The van der Waals surface area contributed by atoms with E-state index in [0.29, 0.717) is 21.5 Å². The summed E-state index contributed by atoms with van der Waals surface area (Å²) in [5, 5.41) is 1.65. The second kappa shape index (κ2) is 5.69. The summed E-state index contributed by atoms with van der Waals surface area (Å²) in [5.41, 5.74) is -0.0575. The van der Waals surface area contributed by atoms with Crippen LogP contribution in [0.2, 0.25) is 5.02 Å². The Morgan fingerprint density at radius 2 is 1.61 bits per heavy atom. The van der Waals surface area contributed by atoms with E-state index in [0.717, 1.165) is 15.1 Å². The van der Waals surface area contributed by atoms with Crippen molar-refractivity contribution in [1.29, 1.82) is 0 Å². The maximum Gasteiger partial charge on any atom is 0.197 e. The van der Waals surface area contributed by atoms with Gasteiger partial charge in [-0.2, -0.15) is 0 Å². The Morgan fingerprint density at radius 1 is 0.870 bits per heavy atom. The summed E-state index contributed by atoms with van der Waals surface area (Å²) in [5.74, 6) is 1.37. The van der Waals surface area contributed by atoms with Crippen molar-refractivity contribution in [1.82, 2.24) is 0 Å². The number of para-hydroxylation sites is 1. The van der Waals surface area contributed by atoms with Crippen molar-refractivity contribution in [2.75, 3.05) is 0 Å². The van der Waals surface area contributed by atoms with Crippen LogP contribution in [0.3, 0.4) is 0 Å². The fourth-order valence-corrected chi connectivity index (χ4v) is 3.99. The van der Waals surface area contributed by atoms with Crippen LogP contribution in [-0.4, -0.2) is 0 Å². The zero-order valence-electron chi connectivity index (χ0n) is 12.0. The first-order valence-electron chi connectivity index (χ1n) is 7.11. The molecule has 4 rings (SSSR count). The average Bonchev–Trinajstić information content (AvgIpc) is 2.58. The van der Waals surface area contributed by atoms with Crippen molar-refractivity contribution >= 4 is 43.1 Å². The highest BCUT2D eigenvalue weighted by atomic mass is 35.5. The molecule has 0 fully saturated rings. The number of benzene rings is 3. The molecular formula is C19H11ClO2S. The first-order valence-corrected chi connectivity index (χ1v) is 8.30. The van der Waals surface area contributed by atoms with E-state index in [4.69, 9.17) is 16.3 Å². The Morgan fingerprint density at radius 3 is 2.43 bits per heavy atom. The largest absolute Gasteiger partial charge is 0.456 e. The average molecular weight is 339 g/mol. The normalized spacial score (nSPS) is 11.0. The summed E-state index contributed by atoms with van der Waals surface area (Å²) in [7, 11) is 0. The van der Waals surface area contributed by atoms with E-state index in [9.17, 15) is 4.79 Å². The van der Waals surface area contributed by atoms with Crippen LogP contribution in [0.15, 0.2) is 71.5 Å². The Balaban J connectivity index is 2.03. The topological polar surface area (TPSA) is 26.3 Å². The lowest BCUT2D eigenvalue weighted by molar-refractivity contribution is 0.489. The summed E-state index contributed by atoms with van der Waals surface area (Å²) in [6.07, 6.45) is 0. The highest BCUT2D eigenvalue weighted by Crippen LogP contribution is 2.37. The summed E-state index contributed by atoms with van der Waals surface area (Å²) in [6, 6.07) is 20.6. The summed E-state index contributed by atoms with van der Waals surface area (Å²) < 4.78 is 7.65. The second-order valence-corrected chi connectivity index (χ2v) is 6.55. The first kappa shape index (κ1) is 14.2. The van der Waals surface area contributed by atoms with Crippen LogP contribution in [0.1, 0.15) is 0 Å². The zero-order valence-corrected chi connectivity index (χ0v) is 13.5. The second-order valence-electron chi connectivity index (χ2n) is 5.09. The molecule has 1 aromatic heterocycles. The van der Waals surface area contributed by atoms with Gasteiger partial charge in [-0.25, -0.2) is 0 Å². The minimum atomic E-state index is -0.0575. The van der Waals surface area contributed by atoms with E-state index in [1.165, 1.54) is 11.3 Å². The fourth-order valence-electron chi connectivity index (χ4n) is 2.54. The molecule has 0 saturated heterocycles. The molecule has 112 valence electrons. The monoisotopic (exact) mass is 338 g/mol. The van der Waals surface area contributed by atoms with Crippen LogP contribution >= 0.6 is 22.9 Å². The third kappa shape index (κ3) is 2.48. The molecule has 2 nitrogen and oxygen atoms in total. The molecule has 1 heterocycles. The fraction of sp³-hybridized carbons (Fsp3) is 0. The van der Waals surface area contributed by atoms with Crippen molar-refractivity contribution in [3.63, 3.8) is 0 Å². The van der Waals surface area contributed by atoms with Crippen LogP contribution < -0.4 is 10.2 Å². The van der Waals surface area contributed by atoms with E-state index in [1.54, 1.807) is 6.07 Å². The summed E-state index contributed by atoms with van der Waals surface area (Å²) in [4.78, 5) is 12.8. The predicted molar refractivity (Wildman–Crippen MR) is 97.1 cm³/mol. The van der Waals surface area contributed by atoms with Crippen LogP contribution in [0, 0.1) is 0 Å². The number of rotatable bonds is 2. The van der Waals surface area contributed by atoms with E-state index in [1.807, 2.05) is 60.7 Å². The van der Waals surface area contributed by atoms with Crippen molar-refractivity contribution < 1.29 is 4.74 Å². The van der Waals surface area contributed by atoms with Crippen LogP contribution in [0.5, 0.6) is 11.5 Å². The third-order valence-corrected chi connectivity index (χ3v) is 5.11. The minimum Gasteiger partial charge on any atom is -0.456 e. The van der Waals surface area contributed by atoms with Gasteiger partial charge in [0.1, 0.15) is 11.5 Å². The van der Waals surface area contributed by atoms with Crippen molar-refractivity contribution in [2.24, 2.45) is 0 Å². The number of halogens is 1. The lowest BCUT2D eigenvalue weighted by Gasteiger charge is -2.10. The van der Waals surface area contributed by atoms with Crippen LogP contribution in [-0.2, 0) is 0 Å². The van der Waals surface area contributed by atoms with Gasteiger partial charge in [-0.15, -0.1) is 11.3 Å². The van der Waals surface area contributed by atoms with Gasteiger partial charge in [-0.3, -0.25) is 4.79 Å². The molecule has 4 aromatic rings. The van der Waals surface area contributed by atoms with Crippen molar-refractivity contribution in [3.8, 4) is 11.5 Å². The molecule has 0 aliphatic carbocycles. The molecule has 0 N–H and O–H groups in total. The Labute approximate surface area is 141 Å². The lowest BCUT2D eigenvalue weighted by atomic mass is 10.2. The predicted octanol–water partition coefficient (Wildman–Crippen LogP) is 5.86. The molecule has 4 heteroatoms. The molecule has 0 aliphatic rings. The van der Waals surface area contributed by atoms with Gasteiger partial charge in [0.2, 0.25) is 0 Å². The standard InChI is InChI=1S/C19H11ClO2S/c20-14-10-11-15(22-12-6-2-1-3-7-12)19-17(14)18(21)13-8-4-5-9-16(13)23-19/h1-11H. The number of hydrogen-bond donors (Lipinski definition) is 0. The van der Waals surface area contributed by atoms with Crippen LogP contribution in [0.4, 0.5) is 0 Å². The molecule has 0 spiro atoms.